The van der Waals surface area contributed by atoms with Crippen molar-refractivity contribution in [2.45, 2.75) is 6.42 Å². The van der Waals surface area contributed by atoms with Gasteiger partial charge in [0.1, 0.15) is 0 Å². The summed E-state index contributed by atoms with van der Waals surface area (Å²) in [4.78, 5) is 0. The second-order valence-electron chi connectivity index (χ2n) is 10.1. The van der Waals surface area contributed by atoms with E-state index in [1.165, 1.54) is 11.1 Å². The molecule has 0 unspecified atom stereocenters. The Bertz CT molecular complexity index is 2870. The highest BCUT2D eigenvalue weighted by Crippen LogP contribution is 2.45. The monoisotopic (exact) mass is 518 g/mol. The van der Waals surface area contributed by atoms with Gasteiger partial charge < -0.3 is 4.57 Å². The quantitative estimate of drug-likeness (QED) is 0.214. The first kappa shape index (κ1) is 13.8. The van der Waals surface area contributed by atoms with Crippen LogP contribution < -0.4 is 0 Å². The largest absolute Gasteiger partial charge is 0.309 e. The van der Waals surface area contributed by atoms with Gasteiger partial charge in [-0.05, 0) is 91.6 Å². The molecule has 1 aromatic heterocycles. The van der Waals surface area contributed by atoms with Crippen LogP contribution in [0.25, 0.3) is 71.3 Å². The molecule has 0 radical (unpaired) electrons. The fraction of sp³-hybridized carbons (Fsp3) is 0.0256. The zero-order valence-corrected chi connectivity index (χ0v) is 21.1. The Kier molecular flexibility index (Phi) is 2.82. The third-order valence-electron chi connectivity index (χ3n) is 7.96. The molecule has 0 saturated heterocycles. The molecule has 0 N–H and O–H groups in total. The van der Waals surface area contributed by atoms with Crippen molar-refractivity contribution in [3.63, 3.8) is 0 Å². The van der Waals surface area contributed by atoms with Gasteiger partial charge in [0.05, 0.1) is 26.1 Å². The average Bonchev–Trinajstić information content (AvgIpc) is 3.66. The Labute approximate surface area is 248 Å². The maximum absolute atomic E-state index is 9.34. The second kappa shape index (κ2) is 8.18. The van der Waals surface area contributed by atoms with E-state index in [0.717, 1.165) is 32.7 Å². The zero-order chi connectivity index (χ0) is 35.8. The molecule has 1 heteroatoms. The highest BCUT2D eigenvalue weighted by atomic mass is 15.0. The van der Waals surface area contributed by atoms with Crippen LogP contribution in [0.1, 0.15) is 26.2 Å². The van der Waals surface area contributed by atoms with Crippen molar-refractivity contribution in [3.8, 4) is 27.9 Å². The van der Waals surface area contributed by atoms with Crippen molar-refractivity contribution >= 4 is 43.4 Å². The van der Waals surface area contributed by atoms with E-state index in [4.69, 9.17) is 9.60 Å². The zero-order valence-electron chi connectivity index (χ0n) is 32.1. The van der Waals surface area contributed by atoms with Gasteiger partial charge in [0.25, 0.3) is 0 Å². The van der Waals surface area contributed by atoms with Gasteiger partial charge in [-0.1, -0.05) is 109 Å². The Hall–Kier alpha value is -5.14. The van der Waals surface area contributed by atoms with Crippen LogP contribution in [0.4, 0.5) is 0 Å². The molecule has 0 bridgehead atoms. The van der Waals surface area contributed by atoms with E-state index >= 15 is 0 Å². The van der Waals surface area contributed by atoms with Crippen molar-refractivity contribution in [3.05, 3.63) is 150 Å². The predicted molar refractivity (Wildman–Crippen MR) is 169 cm³/mol. The molecular formula is C39H25N. The van der Waals surface area contributed by atoms with Crippen molar-refractivity contribution in [2.75, 3.05) is 0 Å². The van der Waals surface area contributed by atoms with Gasteiger partial charge in [0, 0.05) is 16.5 Å². The van der Waals surface area contributed by atoms with E-state index in [0.29, 0.717) is 17.5 Å². The molecule has 0 fully saturated rings. The summed E-state index contributed by atoms with van der Waals surface area (Å²) in [5.41, 5.74) is 5.21. The molecule has 1 aliphatic carbocycles. The van der Waals surface area contributed by atoms with Gasteiger partial charge in [-0.2, -0.15) is 0 Å². The van der Waals surface area contributed by atoms with Crippen LogP contribution in [0.15, 0.2) is 139 Å². The first-order valence-electron chi connectivity index (χ1n) is 18.6. The lowest BCUT2D eigenvalue weighted by molar-refractivity contribution is 1.17. The third kappa shape index (κ3) is 3.03. The van der Waals surface area contributed by atoms with E-state index < -0.39 is 66.5 Å². The lowest BCUT2D eigenvalue weighted by Gasteiger charge is -2.11. The van der Waals surface area contributed by atoms with Crippen LogP contribution in [0, 0.1) is 0 Å². The van der Waals surface area contributed by atoms with Crippen LogP contribution in [0.2, 0.25) is 0 Å². The summed E-state index contributed by atoms with van der Waals surface area (Å²) in [6, 6.07) is 18.2. The van der Waals surface area contributed by atoms with E-state index in [9.17, 15) is 5.48 Å². The normalized spacial score (nSPS) is 16.2. The van der Waals surface area contributed by atoms with Crippen molar-refractivity contribution in [1.29, 1.82) is 0 Å². The number of nitrogens with zero attached hydrogens (tertiary/aromatic N) is 1. The van der Waals surface area contributed by atoms with E-state index in [1.54, 1.807) is 4.57 Å². The molecule has 186 valence electrons. The van der Waals surface area contributed by atoms with Gasteiger partial charge >= 0.3 is 0 Å². The number of para-hydroxylation sites is 1. The van der Waals surface area contributed by atoms with E-state index in [2.05, 4.69) is 36.4 Å². The summed E-state index contributed by atoms with van der Waals surface area (Å²) in [7, 11) is 0. The summed E-state index contributed by atoms with van der Waals surface area (Å²) >= 11 is 0. The predicted octanol–water partition coefficient (Wildman–Crippen LogP) is 10.3. The number of hydrogen-bond donors (Lipinski definition) is 0. The van der Waals surface area contributed by atoms with Crippen molar-refractivity contribution in [1.82, 2.24) is 4.57 Å². The molecule has 0 amide bonds. The minimum absolute atomic E-state index is 0.0122. The number of benzene rings is 7. The summed E-state index contributed by atoms with van der Waals surface area (Å²) < 4.78 is 98.3. The van der Waals surface area contributed by atoms with Crippen LogP contribution >= 0.6 is 0 Å². The van der Waals surface area contributed by atoms with Gasteiger partial charge in [-0.15, -0.1) is 0 Å². The fourth-order valence-corrected chi connectivity index (χ4v) is 6.21. The molecule has 0 saturated carbocycles. The standard InChI is InChI=1S/C39H25N/c1-3-11-31-25(8-1)10-7-14-32(31)27-18-20-30(21-19-27)40-37-15-6-5-13-34(37)36-24-35-29(23-38(36)40)22-28-17-16-26-9-2-4-12-33(26)39(28)35/h1-21,23-24H,22H2/i1D,3D,7D,8D,10D,11D,14D,18D,19D,20D,21D. The van der Waals surface area contributed by atoms with Crippen LogP contribution in [0.3, 0.4) is 0 Å². The van der Waals surface area contributed by atoms with Gasteiger partial charge in [-0.25, -0.2) is 0 Å². The highest BCUT2D eigenvalue weighted by Gasteiger charge is 2.24. The van der Waals surface area contributed by atoms with E-state index in [1.807, 2.05) is 36.4 Å². The first-order chi connectivity index (χ1) is 24.4. The molecule has 8 aromatic rings. The Morgan fingerprint density at radius 3 is 2.25 bits per heavy atom. The number of rotatable bonds is 2. The molecular weight excluding hydrogens is 482 g/mol. The van der Waals surface area contributed by atoms with Crippen molar-refractivity contribution < 1.29 is 15.1 Å². The maximum Gasteiger partial charge on any atom is 0.0645 e. The topological polar surface area (TPSA) is 4.93 Å². The smallest absolute Gasteiger partial charge is 0.0645 e. The van der Waals surface area contributed by atoms with Crippen LogP contribution in [0.5, 0.6) is 0 Å². The number of hydrogen-bond acceptors (Lipinski definition) is 0. The van der Waals surface area contributed by atoms with Gasteiger partial charge in [0.15, 0.2) is 0 Å². The SMILES string of the molecule is [2H]c1c([2H])c(-n2c3ccccc3c3cc4c(cc32)Cc2ccc3ccccc3c2-4)c([2H])c([2H])c1-c1c([2H])c([2H])c([2H])c2c([2H])c([2H])c([2H])c([2H])c12. The maximum atomic E-state index is 9.34. The lowest BCUT2D eigenvalue weighted by atomic mass is 9.97. The molecule has 1 nitrogen and oxygen atoms in total. The molecule has 7 aromatic carbocycles. The lowest BCUT2D eigenvalue weighted by Crippen LogP contribution is -1.94. The molecule has 1 heterocycles. The molecule has 0 atom stereocenters. The molecule has 40 heavy (non-hydrogen) atoms. The van der Waals surface area contributed by atoms with Crippen LogP contribution in [-0.4, -0.2) is 4.57 Å². The minimum atomic E-state index is -0.645. The third-order valence-corrected chi connectivity index (χ3v) is 7.96. The number of fused-ring (bicyclic) bond motifs is 9. The molecule has 0 aliphatic heterocycles. The van der Waals surface area contributed by atoms with Gasteiger partial charge in [0.2, 0.25) is 0 Å². The number of aromatic nitrogens is 1. The molecule has 9 rings (SSSR count). The Balaban J connectivity index is 1.36. The highest BCUT2D eigenvalue weighted by molar-refractivity contribution is 6.13. The molecule has 1 aliphatic rings. The summed E-state index contributed by atoms with van der Waals surface area (Å²) in [6.45, 7) is 0. The van der Waals surface area contributed by atoms with Crippen LogP contribution in [-0.2, 0) is 6.42 Å². The fourth-order valence-electron chi connectivity index (χ4n) is 6.21. The second-order valence-corrected chi connectivity index (χ2v) is 10.1. The van der Waals surface area contributed by atoms with Crippen molar-refractivity contribution in [2.24, 2.45) is 0 Å². The Morgan fingerprint density at radius 1 is 0.525 bits per heavy atom. The average molecular weight is 519 g/mol. The minimum Gasteiger partial charge on any atom is -0.309 e. The van der Waals surface area contributed by atoms with E-state index in [-0.39, 0.29) is 27.6 Å². The van der Waals surface area contributed by atoms with Gasteiger partial charge in [-0.3, -0.25) is 0 Å². The summed E-state index contributed by atoms with van der Waals surface area (Å²) in [5.74, 6) is 0. The summed E-state index contributed by atoms with van der Waals surface area (Å²) in [5, 5.41) is 3.44. The summed E-state index contributed by atoms with van der Waals surface area (Å²) in [6.07, 6.45) is 0.688. The Morgan fingerprint density at radius 2 is 1.32 bits per heavy atom. The molecule has 0 spiro atoms. The first-order valence-corrected chi connectivity index (χ1v) is 13.1.